The van der Waals surface area contributed by atoms with Crippen molar-refractivity contribution in [2.24, 2.45) is 10.7 Å². The Morgan fingerprint density at radius 3 is 2.59 bits per heavy atom. The summed E-state index contributed by atoms with van der Waals surface area (Å²) in [5.41, 5.74) is 4.60. The highest BCUT2D eigenvalue weighted by molar-refractivity contribution is 5.73. The number of nitrogens with two attached hydrogens (primary N) is 1. The van der Waals surface area contributed by atoms with E-state index in [1.807, 2.05) is 6.07 Å². The van der Waals surface area contributed by atoms with Gasteiger partial charge in [0.15, 0.2) is 23.4 Å². The quantitative estimate of drug-likeness (QED) is 0.609. The Morgan fingerprint density at radius 2 is 1.94 bits per heavy atom. The highest BCUT2D eigenvalue weighted by Crippen LogP contribution is 2.41. The lowest BCUT2D eigenvalue weighted by Crippen LogP contribution is -2.46. The number of halogens is 4. The molecular weight excluding hydrogens is 432 g/mol. The van der Waals surface area contributed by atoms with Crippen LogP contribution in [0, 0.1) is 17.1 Å². The van der Waals surface area contributed by atoms with Gasteiger partial charge in [-0.05, 0) is 25.1 Å². The highest BCUT2D eigenvalue weighted by atomic mass is 19.4. The fourth-order valence-electron chi connectivity index (χ4n) is 3.34. The van der Waals surface area contributed by atoms with Gasteiger partial charge in [-0.2, -0.15) is 18.4 Å². The van der Waals surface area contributed by atoms with Crippen LogP contribution in [0.25, 0.3) is 22.8 Å². The SMILES string of the molecule is C[C@@]1(c2cc(-c3cc(-c4ncc(C#N)cn4)no3)ccc2F)C[C@@H](C(F)(F)F)OC(N)=N1. The van der Waals surface area contributed by atoms with Crippen LogP contribution in [0.2, 0.25) is 0 Å². The molecule has 2 aromatic heterocycles. The van der Waals surface area contributed by atoms with Gasteiger partial charge in [0.05, 0.1) is 11.1 Å². The molecule has 2 N–H and O–H groups in total. The number of hydrogen-bond donors (Lipinski definition) is 1. The van der Waals surface area contributed by atoms with Gasteiger partial charge in [0, 0.05) is 36.0 Å². The first-order valence-electron chi connectivity index (χ1n) is 9.17. The van der Waals surface area contributed by atoms with E-state index in [0.717, 1.165) is 6.07 Å². The maximum Gasteiger partial charge on any atom is 0.425 e. The Hall–Kier alpha value is -4.01. The molecule has 164 valence electrons. The van der Waals surface area contributed by atoms with Crippen LogP contribution in [0.5, 0.6) is 0 Å². The lowest BCUT2D eigenvalue weighted by Gasteiger charge is -2.36. The van der Waals surface area contributed by atoms with Crippen LogP contribution in [0.4, 0.5) is 17.6 Å². The normalized spacial score (nSPS) is 20.9. The van der Waals surface area contributed by atoms with Crippen molar-refractivity contribution in [1.82, 2.24) is 15.1 Å². The molecule has 0 fully saturated rings. The molecule has 1 aliphatic rings. The molecule has 1 aliphatic heterocycles. The summed E-state index contributed by atoms with van der Waals surface area (Å²) in [4.78, 5) is 12.0. The van der Waals surface area contributed by atoms with Crippen LogP contribution in [0.1, 0.15) is 24.5 Å². The van der Waals surface area contributed by atoms with Gasteiger partial charge in [0.1, 0.15) is 11.9 Å². The van der Waals surface area contributed by atoms with Crippen LogP contribution >= 0.6 is 0 Å². The van der Waals surface area contributed by atoms with E-state index in [9.17, 15) is 17.6 Å². The summed E-state index contributed by atoms with van der Waals surface area (Å²) in [7, 11) is 0. The molecule has 1 aromatic carbocycles. The number of amidine groups is 1. The largest absolute Gasteiger partial charge is 0.452 e. The van der Waals surface area contributed by atoms with Gasteiger partial charge in [0.25, 0.3) is 6.02 Å². The molecule has 32 heavy (non-hydrogen) atoms. The van der Waals surface area contributed by atoms with Crippen LogP contribution in [0.3, 0.4) is 0 Å². The van der Waals surface area contributed by atoms with Crippen LogP contribution in [-0.2, 0) is 10.3 Å². The Bertz CT molecular complexity index is 1230. The van der Waals surface area contributed by atoms with Crippen LogP contribution < -0.4 is 5.73 Å². The second kappa shape index (κ2) is 7.60. The second-order valence-corrected chi connectivity index (χ2v) is 7.25. The zero-order valence-electron chi connectivity index (χ0n) is 16.4. The Balaban J connectivity index is 1.70. The van der Waals surface area contributed by atoms with Crippen molar-refractivity contribution in [1.29, 1.82) is 5.26 Å². The molecule has 2 atom stereocenters. The molecule has 4 rings (SSSR count). The first kappa shape index (κ1) is 21.2. The average molecular weight is 446 g/mol. The average Bonchev–Trinajstić information content (AvgIpc) is 3.23. The fourth-order valence-corrected chi connectivity index (χ4v) is 3.34. The molecule has 0 unspecified atom stereocenters. The summed E-state index contributed by atoms with van der Waals surface area (Å²) >= 11 is 0. The predicted octanol–water partition coefficient (Wildman–Crippen LogP) is 3.69. The maximum absolute atomic E-state index is 14.7. The minimum Gasteiger partial charge on any atom is -0.452 e. The highest BCUT2D eigenvalue weighted by Gasteiger charge is 2.50. The Kier molecular flexibility index (Phi) is 5.04. The number of nitrogens with zero attached hydrogens (tertiary/aromatic N) is 5. The van der Waals surface area contributed by atoms with E-state index in [1.54, 1.807) is 0 Å². The van der Waals surface area contributed by atoms with Crippen LogP contribution in [0.15, 0.2) is 46.2 Å². The predicted molar refractivity (Wildman–Crippen MR) is 102 cm³/mol. The molecule has 0 radical (unpaired) electrons. The molecule has 3 heterocycles. The number of aliphatic imine (C=N–C) groups is 1. The van der Waals surface area contributed by atoms with Gasteiger partial charge < -0.3 is 15.0 Å². The number of benzene rings is 1. The third-order valence-corrected chi connectivity index (χ3v) is 4.92. The van der Waals surface area contributed by atoms with Gasteiger partial charge >= 0.3 is 6.18 Å². The van der Waals surface area contributed by atoms with E-state index in [1.165, 1.54) is 37.5 Å². The monoisotopic (exact) mass is 446 g/mol. The lowest BCUT2D eigenvalue weighted by atomic mass is 9.84. The van der Waals surface area contributed by atoms with Gasteiger partial charge in [-0.3, -0.25) is 0 Å². The molecule has 0 bridgehead atoms. The zero-order chi connectivity index (χ0) is 23.1. The summed E-state index contributed by atoms with van der Waals surface area (Å²) in [5.74, 6) is -0.358. The molecule has 0 saturated carbocycles. The molecule has 12 heteroatoms. The number of nitriles is 1. The third-order valence-electron chi connectivity index (χ3n) is 4.92. The van der Waals surface area contributed by atoms with Crippen molar-refractivity contribution >= 4 is 6.02 Å². The minimum atomic E-state index is -4.70. The molecule has 0 spiro atoms. The summed E-state index contributed by atoms with van der Waals surface area (Å²) in [6.07, 6.45) is -4.94. The van der Waals surface area contributed by atoms with Crippen molar-refractivity contribution in [3.8, 4) is 28.9 Å². The molecule has 0 amide bonds. The lowest BCUT2D eigenvalue weighted by molar-refractivity contribution is -0.208. The number of alkyl halides is 3. The van der Waals surface area contributed by atoms with Crippen molar-refractivity contribution in [2.75, 3.05) is 0 Å². The van der Waals surface area contributed by atoms with E-state index >= 15 is 0 Å². The van der Waals surface area contributed by atoms with E-state index in [2.05, 4.69) is 24.9 Å². The number of aromatic nitrogens is 3. The zero-order valence-corrected chi connectivity index (χ0v) is 16.4. The van der Waals surface area contributed by atoms with Gasteiger partial charge in [-0.1, -0.05) is 5.16 Å². The number of hydrogen-bond acceptors (Lipinski definition) is 8. The smallest absolute Gasteiger partial charge is 0.425 e. The van der Waals surface area contributed by atoms with Gasteiger partial charge in [-0.15, -0.1) is 0 Å². The third kappa shape index (κ3) is 3.96. The summed E-state index contributed by atoms with van der Waals surface area (Å²) in [5, 5.41) is 12.7. The summed E-state index contributed by atoms with van der Waals surface area (Å²) < 4.78 is 64.3. The van der Waals surface area contributed by atoms with Crippen molar-refractivity contribution in [2.45, 2.75) is 31.2 Å². The molecule has 0 aliphatic carbocycles. The second-order valence-electron chi connectivity index (χ2n) is 7.25. The summed E-state index contributed by atoms with van der Waals surface area (Å²) in [6, 6.07) is 6.52. The Morgan fingerprint density at radius 1 is 1.22 bits per heavy atom. The summed E-state index contributed by atoms with van der Waals surface area (Å²) in [6.45, 7) is 1.35. The van der Waals surface area contributed by atoms with Gasteiger partial charge in [0.2, 0.25) is 0 Å². The number of rotatable bonds is 3. The minimum absolute atomic E-state index is 0.108. The maximum atomic E-state index is 14.7. The molecular formula is C20H14F4N6O2. The topological polar surface area (TPSA) is 123 Å². The first-order chi connectivity index (χ1) is 15.1. The van der Waals surface area contributed by atoms with E-state index in [-0.39, 0.29) is 28.4 Å². The van der Waals surface area contributed by atoms with Crippen molar-refractivity contribution in [3.05, 3.63) is 53.6 Å². The molecule has 3 aromatic rings. The fraction of sp³-hybridized carbons (Fsp3) is 0.250. The van der Waals surface area contributed by atoms with Crippen molar-refractivity contribution in [3.63, 3.8) is 0 Å². The number of ether oxygens (including phenoxy) is 1. The van der Waals surface area contributed by atoms with Crippen molar-refractivity contribution < 1.29 is 26.8 Å². The molecule has 0 saturated heterocycles. The van der Waals surface area contributed by atoms with E-state index in [0.29, 0.717) is 5.56 Å². The standard InChI is InChI=1S/C20H14F4N6O2/c1-19(6-16(20(22,23)24)31-18(26)29-19)12-4-11(2-3-13(12)21)15-5-14(30-32-15)17-27-8-10(7-25)9-28-17/h2-5,8-9,16H,6H2,1H3,(H2,26,29)/t16-,19-/m0/s1. The van der Waals surface area contributed by atoms with E-state index in [4.69, 9.17) is 15.5 Å². The van der Waals surface area contributed by atoms with E-state index < -0.39 is 36.1 Å². The first-order valence-corrected chi connectivity index (χ1v) is 9.17. The Labute approximate surface area is 178 Å². The van der Waals surface area contributed by atoms with Gasteiger partial charge in [-0.25, -0.2) is 19.4 Å². The molecule has 8 nitrogen and oxygen atoms in total. The van der Waals surface area contributed by atoms with Crippen LogP contribution in [-0.4, -0.2) is 33.4 Å².